The maximum atomic E-state index is 11.0. The van der Waals surface area contributed by atoms with Gasteiger partial charge < -0.3 is 5.32 Å². The number of carbonyl (C=O) groups excluding carboxylic acids is 1. The Morgan fingerprint density at radius 2 is 2.42 bits per heavy atom. The number of nitrogens with one attached hydrogen (secondary N) is 1. The Hall–Kier alpha value is -1.38. The molecule has 0 aliphatic rings. The summed E-state index contributed by atoms with van der Waals surface area (Å²) in [7, 11) is 0. The molecule has 1 heterocycles. The lowest BCUT2D eigenvalue weighted by atomic mass is 10.3. The van der Waals surface area contributed by atoms with Crippen LogP contribution in [0.25, 0.3) is 0 Å². The number of hydrogen-bond acceptors (Lipinski definition) is 2. The number of pyridine rings is 1. The fourth-order valence-electron chi connectivity index (χ4n) is 0.855. The summed E-state index contributed by atoms with van der Waals surface area (Å²) < 4.78 is 0. The van der Waals surface area contributed by atoms with Gasteiger partial charge in [-0.15, -0.1) is 0 Å². The van der Waals surface area contributed by atoms with Crippen LogP contribution in [0, 0.1) is 6.92 Å². The van der Waals surface area contributed by atoms with Crippen LogP contribution >= 0.6 is 0 Å². The van der Waals surface area contributed by atoms with E-state index in [-0.39, 0.29) is 5.91 Å². The number of anilines is 1. The van der Waals surface area contributed by atoms with Crippen LogP contribution in [0.3, 0.4) is 0 Å². The van der Waals surface area contributed by atoms with E-state index >= 15 is 0 Å². The zero-order chi connectivity index (χ0) is 8.97. The molecule has 0 unspecified atom stereocenters. The van der Waals surface area contributed by atoms with Crippen molar-refractivity contribution in [2.75, 3.05) is 5.32 Å². The summed E-state index contributed by atoms with van der Waals surface area (Å²) in [6, 6.07) is 3.65. The molecule has 0 aromatic carbocycles. The molecule has 0 aliphatic heterocycles. The predicted octanol–water partition coefficient (Wildman–Crippen LogP) is 1.74. The monoisotopic (exact) mass is 164 g/mol. The summed E-state index contributed by atoms with van der Waals surface area (Å²) in [6.45, 7) is 3.69. The lowest BCUT2D eigenvalue weighted by molar-refractivity contribution is -0.115. The predicted molar refractivity (Wildman–Crippen MR) is 47.9 cm³/mol. The van der Waals surface area contributed by atoms with E-state index in [1.807, 2.05) is 19.9 Å². The van der Waals surface area contributed by atoms with Crippen molar-refractivity contribution in [3.05, 3.63) is 24.0 Å². The number of aryl methyl sites for hydroxylation is 1. The third-order valence-electron chi connectivity index (χ3n) is 1.60. The molecule has 0 aliphatic carbocycles. The molecule has 0 atom stereocenters. The second-order valence-electron chi connectivity index (χ2n) is 2.54. The van der Waals surface area contributed by atoms with Crippen LogP contribution in [0.4, 0.5) is 5.69 Å². The van der Waals surface area contributed by atoms with E-state index in [4.69, 9.17) is 0 Å². The van der Waals surface area contributed by atoms with Gasteiger partial charge in [-0.1, -0.05) is 6.92 Å². The SMILES string of the molecule is CCC(=O)Nc1cccnc1C. The maximum absolute atomic E-state index is 11.0. The number of rotatable bonds is 2. The third-order valence-corrected chi connectivity index (χ3v) is 1.60. The van der Waals surface area contributed by atoms with E-state index in [2.05, 4.69) is 10.3 Å². The largest absolute Gasteiger partial charge is 0.325 e. The van der Waals surface area contributed by atoms with E-state index < -0.39 is 0 Å². The highest BCUT2D eigenvalue weighted by Crippen LogP contribution is 2.09. The minimum absolute atomic E-state index is 0.0195. The van der Waals surface area contributed by atoms with Gasteiger partial charge in [-0.25, -0.2) is 0 Å². The Balaban J connectivity index is 2.75. The topological polar surface area (TPSA) is 42.0 Å². The second-order valence-corrected chi connectivity index (χ2v) is 2.54. The summed E-state index contributed by atoms with van der Waals surface area (Å²) in [4.78, 5) is 15.0. The van der Waals surface area contributed by atoms with Crippen molar-refractivity contribution in [1.82, 2.24) is 4.98 Å². The Morgan fingerprint density at radius 3 is 3.00 bits per heavy atom. The summed E-state index contributed by atoms with van der Waals surface area (Å²) in [5.74, 6) is 0.0195. The van der Waals surface area contributed by atoms with Crippen LogP contribution in [-0.4, -0.2) is 10.9 Å². The van der Waals surface area contributed by atoms with Gasteiger partial charge in [-0.05, 0) is 19.1 Å². The van der Waals surface area contributed by atoms with Gasteiger partial charge in [-0.2, -0.15) is 0 Å². The number of aromatic nitrogens is 1. The van der Waals surface area contributed by atoms with Crippen molar-refractivity contribution in [2.24, 2.45) is 0 Å². The lowest BCUT2D eigenvalue weighted by Crippen LogP contribution is -2.10. The van der Waals surface area contributed by atoms with Gasteiger partial charge in [-0.3, -0.25) is 9.78 Å². The number of carbonyl (C=O) groups is 1. The molecule has 1 amide bonds. The van der Waals surface area contributed by atoms with E-state index in [1.165, 1.54) is 0 Å². The van der Waals surface area contributed by atoms with Crippen LogP contribution in [0.2, 0.25) is 0 Å². The summed E-state index contributed by atoms with van der Waals surface area (Å²) in [5, 5.41) is 2.76. The van der Waals surface area contributed by atoms with Crippen molar-refractivity contribution in [3.63, 3.8) is 0 Å². The molecule has 0 fully saturated rings. The van der Waals surface area contributed by atoms with Crippen LogP contribution < -0.4 is 5.32 Å². The normalized spacial score (nSPS) is 9.50. The molecular formula is C9H12N2O. The number of hydrogen-bond donors (Lipinski definition) is 1. The fourth-order valence-corrected chi connectivity index (χ4v) is 0.855. The van der Waals surface area contributed by atoms with Crippen molar-refractivity contribution in [2.45, 2.75) is 20.3 Å². The first-order chi connectivity index (χ1) is 5.74. The summed E-state index contributed by atoms with van der Waals surface area (Å²) in [6.07, 6.45) is 2.20. The van der Waals surface area contributed by atoms with Gasteiger partial charge in [0, 0.05) is 12.6 Å². The molecule has 0 spiro atoms. The number of amides is 1. The first-order valence-electron chi connectivity index (χ1n) is 3.95. The molecule has 1 aromatic rings. The average molecular weight is 164 g/mol. The quantitative estimate of drug-likeness (QED) is 0.723. The number of nitrogens with zero attached hydrogens (tertiary/aromatic N) is 1. The smallest absolute Gasteiger partial charge is 0.224 e. The minimum Gasteiger partial charge on any atom is -0.325 e. The molecule has 1 N–H and O–H groups in total. The highest BCUT2D eigenvalue weighted by Gasteiger charge is 2.00. The van der Waals surface area contributed by atoms with E-state index in [9.17, 15) is 4.79 Å². The Kier molecular flexibility index (Phi) is 2.80. The lowest BCUT2D eigenvalue weighted by Gasteiger charge is -2.04. The standard InChI is InChI=1S/C9H12N2O/c1-3-9(12)11-8-5-4-6-10-7(8)2/h4-6H,3H2,1-2H3,(H,11,12). The Labute approximate surface area is 71.8 Å². The molecule has 0 bridgehead atoms. The van der Waals surface area contributed by atoms with Gasteiger partial charge in [0.25, 0.3) is 0 Å². The Morgan fingerprint density at radius 1 is 1.67 bits per heavy atom. The first kappa shape index (κ1) is 8.71. The highest BCUT2D eigenvalue weighted by atomic mass is 16.1. The molecule has 3 heteroatoms. The average Bonchev–Trinajstić information content (AvgIpc) is 2.09. The van der Waals surface area contributed by atoms with E-state index in [1.54, 1.807) is 12.3 Å². The zero-order valence-corrected chi connectivity index (χ0v) is 7.29. The molecule has 0 saturated carbocycles. The van der Waals surface area contributed by atoms with Gasteiger partial charge in [0.2, 0.25) is 5.91 Å². The fraction of sp³-hybridized carbons (Fsp3) is 0.333. The summed E-state index contributed by atoms with van der Waals surface area (Å²) in [5.41, 5.74) is 1.64. The van der Waals surface area contributed by atoms with Crippen LogP contribution in [-0.2, 0) is 4.79 Å². The molecule has 1 rings (SSSR count). The van der Waals surface area contributed by atoms with Crippen molar-refractivity contribution in [3.8, 4) is 0 Å². The molecule has 0 radical (unpaired) electrons. The molecular weight excluding hydrogens is 152 g/mol. The zero-order valence-electron chi connectivity index (χ0n) is 7.29. The van der Waals surface area contributed by atoms with Gasteiger partial charge in [0.1, 0.15) is 0 Å². The first-order valence-corrected chi connectivity index (χ1v) is 3.95. The van der Waals surface area contributed by atoms with Crippen molar-refractivity contribution >= 4 is 11.6 Å². The maximum Gasteiger partial charge on any atom is 0.224 e. The molecule has 3 nitrogen and oxygen atoms in total. The van der Waals surface area contributed by atoms with E-state index in [0.717, 1.165) is 11.4 Å². The van der Waals surface area contributed by atoms with Gasteiger partial charge in [0.15, 0.2) is 0 Å². The third kappa shape index (κ3) is 2.05. The second kappa shape index (κ2) is 3.85. The van der Waals surface area contributed by atoms with E-state index in [0.29, 0.717) is 6.42 Å². The molecule has 12 heavy (non-hydrogen) atoms. The van der Waals surface area contributed by atoms with Gasteiger partial charge >= 0.3 is 0 Å². The van der Waals surface area contributed by atoms with Crippen molar-refractivity contribution < 1.29 is 4.79 Å². The van der Waals surface area contributed by atoms with Crippen LogP contribution in [0.5, 0.6) is 0 Å². The van der Waals surface area contributed by atoms with Crippen LogP contribution in [0.1, 0.15) is 19.0 Å². The molecule has 1 aromatic heterocycles. The molecule has 64 valence electrons. The molecule has 0 saturated heterocycles. The Bertz CT molecular complexity index is 284. The van der Waals surface area contributed by atoms with Gasteiger partial charge in [0.05, 0.1) is 11.4 Å². The van der Waals surface area contributed by atoms with Crippen molar-refractivity contribution in [1.29, 1.82) is 0 Å². The summed E-state index contributed by atoms with van der Waals surface area (Å²) >= 11 is 0. The highest BCUT2D eigenvalue weighted by molar-refractivity contribution is 5.90. The minimum atomic E-state index is 0.0195. The van der Waals surface area contributed by atoms with Crippen LogP contribution in [0.15, 0.2) is 18.3 Å².